The highest BCUT2D eigenvalue weighted by Gasteiger charge is 2.24. The van der Waals surface area contributed by atoms with Gasteiger partial charge in [0.2, 0.25) is 0 Å². The number of nitro groups is 1. The number of anilines is 1. The zero-order valence-electron chi connectivity index (χ0n) is 11.9. The molecule has 0 saturated carbocycles. The minimum Gasteiger partial charge on any atom is -0.471 e. The molecule has 0 aromatic carbocycles. The van der Waals surface area contributed by atoms with Crippen molar-refractivity contribution in [2.24, 2.45) is 0 Å². The Bertz CT molecular complexity index is 460. The maximum Gasteiger partial charge on any atom is 0.331 e. The fourth-order valence-electron chi connectivity index (χ4n) is 1.19. The molecule has 0 atom stereocenters. The second kappa shape index (κ2) is 5.83. The molecule has 0 aliphatic heterocycles. The Morgan fingerprint density at radius 2 is 2.11 bits per heavy atom. The summed E-state index contributed by atoms with van der Waals surface area (Å²) in [6.07, 6.45) is 0. The van der Waals surface area contributed by atoms with Crippen molar-refractivity contribution in [3.05, 3.63) is 22.2 Å². The van der Waals surface area contributed by atoms with Crippen molar-refractivity contribution in [3.63, 3.8) is 0 Å². The van der Waals surface area contributed by atoms with Crippen LogP contribution in [0.1, 0.15) is 13.8 Å². The highest BCUT2D eigenvalue weighted by Crippen LogP contribution is 2.27. The number of nitrogens with one attached hydrogen (secondary N) is 1. The first-order valence-electron chi connectivity index (χ1n) is 5.91. The maximum atomic E-state index is 10.9. The van der Waals surface area contributed by atoms with Gasteiger partial charge in [0.15, 0.2) is 0 Å². The third kappa shape index (κ3) is 3.78. The fourth-order valence-corrected chi connectivity index (χ4v) is 1.19. The average Bonchev–Trinajstić information content (AvgIpc) is 2.35. The van der Waals surface area contributed by atoms with Crippen LogP contribution in [-0.2, 0) is 0 Å². The standard InChI is InChI=1S/C12H20N4O3/c1-12(2,15(4)5)8-19-11-9(16(17)18)6-7-10(13-3)14-11/h6-7H,8H2,1-5H3,(H,13,14). The predicted molar refractivity (Wildman–Crippen MR) is 73.7 cm³/mol. The molecule has 7 heteroatoms. The molecule has 1 heterocycles. The first-order chi connectivity index (χ1) is 8.77. The predicted octanol–water partition coefficient (Wildman–Crippen LogP) is 1.75. The summed E-state index contributed by atoms with van der Waals surface area (Å²) in [5.74, 6) is 0.565. The van der Waals surface area contributed by atoms with E-state index >= 15 is 0 Å². The molecule has 0 aliphatic rings. The van der Waals surface area contributed by atoms with Crippen LogP contribution in [0.15, 0.2) is 12.1 Å². The zero-order chi connectivity index (χ0) is 14.6. The van der Waals surface area contributed by atoms with Crippen LogP contribution in [0.25, 0.3) is 0 Å². The van der Waals surface area contributed by atoms with Gasteiger partial charge in [0.1, 0.15) is 12.4 Å². The molecular weight excluding hydrogens is 248 g/mol. The van der Waals surface area contributed by atoms with Crippen LogP contribution < -0.4 is 10.1 Å². The van der Waals surface area contributed by atoms with Crippen molar-refractivity contribution >= 4 is 11.5 Å². The van der Waals surface area contributed by atoms with E-state index in [1.54, 1.807) is 13.1 Å². The molecule has 19 heavy (non-hydrogen) atoms. The molecule has 1 aromatic rings. The summed E-state index contributed by atoms with van der Waals surface area (Å²) >= 11 is 0. The van der Waals surface area contributed by atoms with Gasteiger partial charge >= 0.3 is 5.69 Å². The summed E-state index contributed by atoms with van der Waals surface area (Å²) in [4.78, 5) is 16.5. The molecule has 0 fully saturated rings. The van der Waals surface area contributed by atoms with Gasteiger partial charge in [0.25, 0.3) is 5.88 Å². The van der Waals surface area contributed by atoms with E-state index in [-0.39, 0.29) is 17.1 Å². The maximum absolute atomic E-state index is 10.9. The van der Waals surface area contributed by atoms with Crippen molar-refractivity contribution in [1.29, 1.82) is 0 Å². The molecule has 0 amide bonds. The van der Waals surface area contributed by atoms with Gasteiger partial charge in [-0.2, -0.15) is 4.98 Å². The van der Waals surface area contributed by atoms with Gasteiger partial charge in [-0.25, -0.2) is 0 Å². The van der Waals surface area contributed by atoms with Crippen molar-refractivity contribution in [2.45, 2.75) is 19.4 Å². The van der Waals surface area contributed by atoms with Gasteiger partial charge in [-0.1, -0.05) is 0 Å². The monoisotopic (exact) mass is 268 g/mol. The Morgan fingerprint density at radius 1 is 1.47 bits per heavy atom. The van der Waals surface area contributed by atoms with Crippen molar-refractivity contribution in [3.8, 4) is 5.88 Å². The Labute approximate surface area is 112 Å². The van der Waals surface area contributed by atoms with Crippen LogP contribution in [0.4, 0.5) is 11.5 Å². The topological polar surface area (TPSA) is 80.5 Å². The van der Waals surface area contributed by atoms with Gasteiger partial charge in [-0.05, 0) is 34.0 Å². The summed E-state index contributed by atoms with van der Waals surface area (Å²) in [5, 5.41) is 13.8. The molecule has 0 bridgehead atoms. The molecule has 0 unspecified atom stereocenters. The van der Waals surface area contributed by atoms with Crippen molar-refractivity contribution in [1.82, 2.24) is 9.88 Å². The Hall–Kier alpha value is -1.89. The van der Waals surface area contributed by atoms with E-state index in [0.717, 1.165) is 0 Å². The van der Waals surface area contributed by atoms with Crippen molar-refractivity contribution in [2.75, 3.05) is 33.1 Å². The van der Waals surface area contributed by atoms with E-state index in [4.69, 9.17) is 4.74 Å². The van der Waals surface area contributed by atoms with E-state index in [0.29, 0.717) is 12.4 Å². The van der Waals surface area contributed by atoms with Crippen LogP contribution in [0.2, 0.25) is 0 Å². The third-order valence-corrected chi connectivity index (χ3v) is 3.07. The minimum atomic E-state index is -0.496. The van der Waals surface area contributed by atoms with E-state index < -0.39 is 4.92 Å². The largest absolute Gasteiger partial charge is 0.471 e. The Morgan fingerprint density at radius 3 is 2.58 bits per heavy atom. The molecule has 7 nitrogen and oxygen atoms in total. The fraction of sp³-hybridized carbons (Fsp3) is 0.583. The molecule has 1 rings (SSSR count). The molecule has 0 radical (unpaired) electrons. The summed E-state index contributed by atoms with van der Waals surface area (Å²) in [6.45, 7) is 4.28. The molecular formula is C12H20N4O3. The van der Waals surface area contributed by atoms with Crippen LogP contribution >= 0.6 is 0 Å². The third-order valence-electron chi connectivity index (χ3n) is 3.07. The molecule has 0 saturated heterocycles. The molecule has 0 aliphatic carbocycles. The second-order valence-electron chi connectivity index (χ2n) is 5.02. The number of pyridine rings is 1. The number of hydrogen-bond donors (Lipinski definition) is 1. The smallest absolute Gasteiger partial charge is 0.331 e. The van der Waals surface area contributed by atoms with Crippen molar-refractivity contribution < 1.29 is 9.66 Å². The van der Waals surface area contributed by atoms with E-state index in [2.05, 4.69) is 10.3 Å². The Balaban J connectivity index is 2.95. The summed E-state index contributed by atoms with van der Waals surface area (Å²) in [6, 6.07) is 2.93. The number of nitrogens with zero attached hydrogens (tertiary/aromatic N) is 3. The number of hydrogen-bond acceptors (Lipinski definition) is 6. The van der Waals surface area contributed by atoms with Gasteiger partial charge < -0.3 is 15.0 Å². The van der Waals surface area contributed by atoms with E-state index in [1.807, 2.05) is 32.8 Å². The Kier molecular flexibility index (Phi) is 4.66. The average molecular weight is 268 g/mol. The lowest BCUT2D eigenvalue weighted by Gasteiger charge is -2.31. The van der Waals surface area contributed by atoms with Crippen LogP contribution in [0.3, 0.4) is 0 Å². The SMILES string of the molecule is CNc1ccc([N+](=O)[O-])c(OCC(C)(C)N(C)C)n1. The number of rotatable bonds is 6. The normalized spacial score (nSPS) is 11.5. The lowest BCUT2D eigenvalue weighted by Crippen LogP contribution is -2.43. The first-order valence-corrected chi connectivity index (χ1v) is 5.91. The van der Waals surface area contributed by atoms with Crippen LogP contribution in [0, 0.1) is 10.1 Å². The van der Waals surface area contributed by atoms with E-state index in [9.17, 15) is 10.1 Å². The summed E-state index contributed by atoms with van der Waals surface area (Å²) < 4.78 is 5.53. The summed E-state index contributed by atoms with van der Waals surface area (Å²) in [7, 11) is 5.55. The van der Waals surface area contributed by atoms with Gasteiger partial charge in [0, 0.05) is 18.7 Å². The molecule has 1 N–H and O–H groups in total. The lowest BCUT2D eigenvalue weighted by molar-refractivity contribution is -0.386. The molecule has 1 aromatic heterocycles. The first kappa shape index (κ1) is 15.2. The second-order valence-corrected chi connectivity index (χ2v) is 5.02. The van der Waals surface area contributed by atoms with Crippen LogP contribution in [-0.4, -0.2) is 48.1 Å². The number of aromatic nitrogens is 1. The minimum absolute atomic E-state index is 0.0341. The number of ether oxygens (including phenoxy) is 1. The molecule has 0 spiro atoms. The molecule has 106 valence electrons. The highest BCUT2D eigenvalue weighted by atomic mass is 16.6. The number of likely N-dealkylation sites (N-methyl/N-ethyl adjacent to an activating group) is 1. The summed E-state index contributed by atoms with van der Waals surface area (Å²) in [5.41, 5.74) is -0.376. The van der Waals surface area contributed by atoms with Gasteiger partial charge in [-0.15, -0.1) is 0 Å². The lowest BCUT2D eigenvalue weighted by atomic mass is 10.1. The van der Waals surface area contributed by atoms with Gasteiger partial charge in [-0.3, -0.25) is 10.1 Å². The highest BCUT2D eigenvalue weighted by molar-refractivity contribution is 5.48. The van der Waals surface area contributed by atoms with Crippen LogP contribution in [0.5, 0.6) is 5.88 Å². The van der Waals surface area contributed by atoms with Gasteiger partial charge in [0.05, 0.1) is 4.92 Å². The quantitative estimate of drug-likeness (QED) is 0.625. The zero-order valence-corrected chi connectivity index (χ0v) is 11.9. The van der Waals surface area contributed by atoms with E-state index in [1.165, 1.54) is 6.07 Å².